The lowest BCUT2D eigenvalue weighted by Crippen LogP contribution is -2.57. The Kier molecular flexibility index (Phi) is 1.24. The van der Waals surface area contributed by atoms with E-state index in [4.69, 9.17) is 5.73 Å². The second-order valence-corrected chi connectivity index (χ2v) is 5.20. The summed E-state index contributed by atoms with van der Waals surface area (Å²) in [5.41, 5.74) is 5.26. The summed E-state index contributed by atoms with van der Waals surface area (Å²) in [4.78, 5) is 0. The lowest BCUT2D eigenvalue weighted by molar-refractivity contribution is -0.0845. The lowest BCUT2D eigenvalue weighted by atomic mass is 9.53. The summed E-state index contributed by atoms with van der Waals surface area (Å²) in [5, 5.41) is 0. The zero-order chi connectivity index (χ0) is 8.34. The quantitative estimate of drug-likeness (QED) is 0.588. The molecule has 4 rings (SSSR count). The fourth-order valence-electron chi connectivity index (χ4n) is 3.96. The molecule has 0 amide bonds. The molecule has 0 aromatic carbocycles. The van der Waals surface area contributed by atoms with E-state index in [1.54, 1.807) is 0 Å². The Hall–Kier alpha value is -0.110. The van der Waals surface area contributed by atoms with Crippen LogP contribution in [0.4, 0.5) is 4.39 Å². The fraction of sp³-hybridized carbons (Fsp3) is 1.00. The number of nitrogens with two attached hydrogens (primary N) is 1. The Labute approximate surface area is 72.5 Å². The molecule has 4 aliphatic rings. The summed E-state index contributed by atoms with van der Waals surface area (Å²) in [7, 11) is 0. The van der Waals surface area contributed by atoms with Gasteiger partial charge >= 0.3 is 0 Å². The van der Waals surface area contributed by atoms with Gasteiger partial charge in [-0.3, -0.25) is 0 Å². The Morgan fingerprint density at radius 2 is 1.67 bits per heavy atom. The van der Waals surface area contributed by atoms with Crippen LogP contribution in [0.2, 0.25) is 0 Å². The second-order valence-electron chi connectivity index (χ2n) is 5.20. The smallest absolute Gasteiger partial charge is 0.112 e. The normalized spacial score (nSPS) is 62.5. The lowest BCUT2D eigenvalue weighted by Gasteiger charge is -2.55. The van der Waals surface area contributed by atoms with Crippen LogP contribution in [-0.2, 0) is 0 Å². The molecule has 1 unspecified atom stereocenters. The minimum absolute atomic E-state index is 0.324. The first-order valence-corrected chi connectivity index (χ1v) is 5.11. The summed E-state index contributed by atoms with van der Waals surface area (Å²) in [6.45, 7) is 0. The molecule has 2 heteroatoms. The molecule has 5 atom stereocenters. The minimum Gasteiger partial charge on any atom is -0.327 e. The van der Waals surface area contributed by atoms with Gasteiger partial charge in [0.05, 0.1) is 0 Å². The van der Waals surface area contributed by atoms with Crippen LogP contribution in [0, 0.1) is 17.8 Å². The average Bonchev–Trinajstić information content (AvgIpc) is 1.96. The highest BCUT2D eigenvalue weighted by molar-refractivity contribution is 5.07. The van der Waals surface area contributed by atoms with Gasteiger partial charge in [0.2, 0.25) is 0 Å². The molecular weight excluding hydrogens is 153 g/mol. The van der Waals surface area contributed by atoms with E-state index >= 15 is 0 Å². The van der Waals surface area contributed by atoms with Crippen LogP contribution in [0.5, 0.6) is 0 Å². The first-order chi connectivity index (χ1) is 5.66. The molecule has 4 bridgehead atoms. The largest absolute Gasteiger partial charge is 0.327 e. The molecule has 2 N–H and O–H groups in total. The van der Waals surface area contributed by atoms with Crippen molar-refractivity contribution < 1.29 is 4.39 Å². The third-order valence-electron chi connectivity index (χ3n) is 4.27. The Morgan fingerprint density at radius 3 is 2.17 bits per heavy atom. The summed E-state index contributed by atoms with van der Waals surface area (Å²) < 4.78 is 14.0. The summed E-state index contributed by atoms with van der Waals surface area (Å²) in [5.74, 6) is 1.70. The average molecular weight is 169 g/mol. The van der Waals surface area contributed by atoms with Crippen LogP contribution in [0.15, 0.2) is 0 Å². The Bertz CT molecular complexity index is 200. The van der Waals surface area contributed by atoms with Gasteiger partial charge in [-0.1, -0.05) is 0 Å². The van der Waals surface area contributed by atoms with Gasteiger partial charge in [0.25, 0.3) is 0 Å². The van der Waals surface area contributed by atoms with Crippen molar-refractivity contribution in [2.45, 2.75) is 43.8 Å². The van der Waals surface area contributed by atoms with Crippen molar-refractivity contribution in [2.75, 3.05) is 0 Å². The molecule has 1 nitrogen and oxygen atoms in total. The molecule has 0 spiro atoms. The SMILES string of the molecule is N[C@@H]1[C@@H]2CC3C[C@H]1C[C@@](F)(C3)C2. The first-order valence-electron chi connectivity index (χ1n) is 5.11. The van der Waals surface area contributed by atoms with E-state index < -0.39 is 5.67 Å². The molecule has 0 aromatic heterocycles. The van der Waals surface area contributed by atoms with Gasteiger partial charge in [0.15, 0.2) is 0 Å². The van der Waals surface area contributed by atoms with Gasteiger partial charge < -0.3 is 5.73 Å². The predicted molar refractivity (Wildman–Crippen MR) is 45.4 cm³/mol. The third kappa shape index (κ3) is 0.819. The van der Waals surface area contributed by atoms with Gasteiger partial charge in [0.1, 0.15) is 5.67 Å². The Balaban J connectivity index is 1.95. The van der Waals surface area contributed by atoms with Gasteiger partial charge in [-0.15, -0.1) is 0 Å². The highest BCUT2D eigenvalue weighted by atomic mass is 19.1. The molecule has 68 valence electrons. The van der Waals surface area contributed by atoms with Crippen molar-refractivity contribution in [1.82, 2.24) is 0 Å². The second kappa shape index (κ2) is 2.03. The van der Waals surface area contributed by atoms with Gasteiger partial charge in [0, 0.05) is 6.04 Å². The molecule has 0 aromatic rings. The third-order valence-corrected chi connectivity index (χ3v) is 4.27. The fourth-order valence-corrected chi connectivity index (χ4v) is 3.96. The number of hydrogen-bond donors (Lipinski definition) is 1. The molecule has 12 heavy (non-hydrogen) atoms. The van der Waals surface area contributed by atoms with Gasteiger partial charge in [-0.2, -0.15) is 0 Å². The molecule has 0 aliphatic heterocycles. The molecule has 4 saturated carbocycles. The highest BCUT2D eigenvalue weighted by Crippen LogP contribution is 2.56. The van der Waals surface area contributed by atoms with Crippen molar-refractivity contribution in [3.05, 3.63) is 0 Å². The Morgan fingerprint density at radius 1 is 1.08 bits per heavy atom. The number of rotatable bonds is 0. The van der Waals surface area contributed by atoms with Crippen molar-refractivity contribution in [3.8, 4) is 0 Å². The van der Waals surface area contributed by atoms with Gasteiger partial charge in [-0.05, 0) is 49.9 Å². The van der Waals surface area contributed by atoms with Crippen LogP contribution in [-0.4, -0.2) is 11.7 Å². The van der Waals surface area contributed by atoms with E-state index in [2.05, 4.69) is 0 Å². The molecule has 0 saturated heterocycles. The maximum absolute atomic E-state index is 14.0. The topological polar surface area (TPSA) is 26.0 Å². The zero-order valence-electron chi connectivity index (χ0n) is 7.30. The summed E-state index contributed by atoms with van der Waals surface area (Å²) >= 11 is 0. The molecule has 4 fully saturated rings. The van der Waals surface area contributed by atoms with E-state index in [-0.39, 0.29) is 0 Å². The van der Waals surface area contributed by atoms with Crippen LogP contribution >= 0.6 is 0 Å². The summed E-state index contributed by atoms with van der Waals surface area (Å²) in [6.07, 6.45) is 4.79. The van der Waals surface area contributed by atoms with Crippen LogP contribution in [0.25, 0.3) is 0 Å². The van der Waals surface area contributed by atoms with Crippen molar-refractivity contribution in [3.63, 3.8) is 0 Å². The molecular formula is C10H16FN. The summed E-state index contributed by atoms with van der Waals surface area (Å²) in [6, 6.07) is 0.324. The van der Waals surface area contributed by atoms with E-state index in [1.165, 1.54) is 12.8 Å². The standard InChI is InChI=1S/C10H16FN/c11-10-3-6-1-7(4-10)9(12)8(2-6)5-10/h6-9H,1-5,12H2/t6?,7-,8+,9-,10-. The van der Waals surface area contributed by atoms with Crippen molar-refractivity contribution >= 4 is 0 Å². The number of hydrogen-bond acceptors (Lipinski definition) is 1. The molecule has 0 heterocycles. The minimum atomic E-state index is -0.799. The van der Waals surface area contributed by atoms with Crippen molar-refractivity contribution in [1.29, 1.82) is 0 Å². The molecule has 4 aliphatic carbocycles. The zero-order valence-corrected chi connectivity index (χ0v) is 7.30. The van der Waals surface area contributed by atoms with Crippen molar-refractivity contribution in [2.24, 2.45) is 23.5 Å². The van der Waals surface area contributed by atoms with E-state index in [9.17, 15) is 4.39 Å². The maximum Gasteiger partial charge on any atom is 0.112 e. The molecule has 0 radical (unpaired) electrons. The van der Waals surface area contributed by atoms with Crippen LogP contribution in [0.3, 0.4) is 0 Å². The monoisotopic (exact) mass is 169 g/mol. The van der Waals surface area contributed by atoms with E-state index in [1.807, 2.05) is 0 Å². The maximum atomic E-state index is 14.0. The van der Waals surface area contributed by atoms with E-state index in [0.717, 1.165) is 19.3 Å². The predicted octanol–water partition coefficient (Wildman–Crippen LogP) is 1.86. The highest BCUT2D eigenvalue weighted by Gasteiger charge is 2.54. The first kappa shape index (κ1) is 7.31. The number of halogens is 1. The van der Waals surface area contributed by atoms with E-state index in [0.29, 0.717) is 23.8 Å². The van der Waals surface area contributed by atoms with Gasteiger partial charge in [-0.25, -0.2) is 4.39 Å². The number of alkyl halides is 1. The van der Waals surface area contributed by atoms with Crippen LogP contribution < -0.4 is 5.73 Å². The van der Waals surface area contributed by atoms with Crippen LogP contribution in [0.1, 0.15) is 32.1 Å².